The van der Waals surface area contributed by atoms with Gasteiger partial charge in [0, 0.05) is 46.3 Å². The first kappa shape index (κ1) is 16.5. The molecule has 1 aliphatic heterocycles. The number of hydrogen-bond acceptors (Lipinski definition) is 2. The fourth-order valence-electron chi connectivity index (χ4n) is 3.07. The zero-order valence-corrected chi connectivity index (χ0v) is 14.4. The lowest BCUT2D eigenvalue weighted by Gasteiger charge is -2.36. The van der Waals surface area contributed by atoms with Crippen LogP contribution in [0.15, 0.2) is 65.7 Å². The van der Waals surface area contributed by atoms with Crippen LogP contribution in [-0.2, 0) is 13.1 Å². The molecule has 2 aromatic rings. The Morgan fingerprint density at radius 2 is 1.46 bits per heavy atom. The summed E-state index contributed by atoms with van der Waals surface area (Å²) in [6.45, 7) is 6.02. The topological polar surface area (TPSA) is 30.9 Å². The second-order valence-corrected chi connectivity index (χ2v) is 6.14. The first-order valence-corrected chi connectivity index (χ1v) is 8.61. The Labute approximate surface area is 144 Å². The van der Waals surface area contributed by atoms with Crippen molar-refractivity contribution in [1.29, 1.82) is 0 Å². The lowest BCUT2D eigenvalue weighted by Crippen LogP contribution is -2.52. The second-order valence-electron chi connectivity index (χ2n) is 6.14. The summed E-state index contributed by atoms with van der Waals surface area (Å²) in [6, 6.07) is 21.2. The monoisotopic (exact) mass is 322 g/mol. The van der Waals surface area contributed by atoms with Crippen molar-refractivity contribution in [3.05, 3.63) is 71.8 Å². The quantitative estimate of drug-likeness (QED) is 0.693. The second kappa shape index (κ2) is 8.50. The number of aliphatic imine (C=N–C) groups is 1. The molecule has 0 amide bonds. The van der Waals surface area contributed by atoms with Crippen molar-refractivity contribution in [3.8, 4) is 0 Å². The molecule has 3 rings (SSSR count). The average Bonchev–Trinajstić information content (AvgIpc) is 2.65. The van der Waals surface area contributed by atoms with E-state index < -0.39 is 0 Å². The Balaban J connectivity index is 1.47. The van der Waals surface area contributed by atoms with Crippen LogP contribution in [0.1, 0.15) is 11.1 Å². The van der Waals surface area contributed by atoms with E-state index in [1.54, 1.807) is 0 Å². The van der Waals surface area contributed by atoms with Gasteiger partial charge in [0.2, 0.25) is 0 Å². The maximum atomic E-state index is 4.45. The van der Waals surface area contributed by atoms with Gasteiger partial charge in [-0.05, 0) is 11.1 Å². The van der Waals surface area contributed by atoms with E-state index in [0.717, 1.165) is 45.2 Å². The van der Waals surface area contributed by atoms with Crippen molar-refractivity contribution in [1.82, 2.24) is 15.1 Å². The summed E-state index contributed by atoms with van der Waals surface area (Å²) < 4.78 is 0. The maximum absolute atomic E-state index is 4.45. The predicted molar refractivity (Wildman–Crippen MR) is 99.9 cm³/mol. The summed E-state index contributed by atoms with van der Waals surface area (Å²) in [7, 11) is 1.86. The summed E-state index contributed by atoms with van der Waals surface area (Å²) in [5.74, 6) is 0.998. The van der Waals surface area contributed by atoms with Crippen molar-refractivity contribution >= 4 is 5.96 Å². The molecule has 1 fully saturated rings. The van der Waals surface area contributed by atoms with Crippen LogP contribution in [0.2, 0.25) is 0 Å². The number of piperazine rings is 1. The van der Waals surface area contributed by atoms with Crippen LogP contribution in [0.4, 0.5) is 0 Å². The van der Waals surface area contributed by atoms with Crippen molar-refractivity contribution in [2.45, 2.75) is 13.1 Å². The molecular weight excluding hydrogens is 296 g/mol. The van der Waals surface area contributed by atoms with Crippen molar-refractivity contribution in [2.75, 3.05) is 33.2 Å². The minimum atomic E-state index is 0.817. The number of nitrogens with zero attached hydrogens (tertiary/aromatic N) is 3. The van der Waals surface area contributed by atoms with Gasteiger partial charge in [0.25, 0.3) is 0 Å². The Bertz CT molecular complexity index is 631. The number of guanidine groups is 1. The van der Waals surface area contributed by atoms with Gasteiger partial charge in [0.15, 0.2) is 5.96 Å². The van der Waals surface area contributed by atoms with Crippen LogP contribution in [0.3, 0.4) is 0 Å². The summed E-state index contributed by atoms with van der Waals surface area (Å²) in [5, 5.41) is 3.48. The summed E-state index contributed by atoms with van der Waals surface area (Å²) in [6.07, 6.45) is 0. The van der Waals surface area contributed by atoms with E-state index in [9.17, 15) is 0 Å². The van der Waals surface area contributed by atoms with Gasteiger partial charge in [0.05, 0.1) is 0 Å². The summed E-state index contributed by atoms with van der Waals surface area (Å²) in [5.41, 5.74) is 2.67. The van der Waals surface area contributed by atoms with Gasteiger partial charge in [-0.15, -0.1) is 0 Å². The summed E-state index contributed by atoms with van der Waals surface area (Å²) >= 11 is 0. The molecule has 0 unspecified atom stereocenters. The predicted octanol–water partition coefficient (Wildman–Crippen LogP) is 2.58. The number of nitrogens with one attached hydrogen (secondary N) is 1. The van der Waals surface area contributed by atoms with E-state index in [0.29, 0.717) is 0 Å². The minimum Gasteiger partial charge on any atom is -0.352 e. The highest BCUT2D eigenvalue weighted by molar-refractivity contribution is 5.80. The van der Waals surface area contributed by atoms with Gasteiger partial charge in [-0.2, -0.15) is 0 Å². The molecule has 1 aliphatic rings. The lowest BCUT2D eigenvalue weighted by atomic mass is 10.2. The number of rotatable bonds is 4. The van der Waals surface area contributed by atoms with Crippen LogP contribution < -0.4 is 5.32 Å². The molecule has 24 heavy (non-hydrogen) atoms. The summed E-state index contributed by atoms with van der Waals surface area (Å²) in [4.78, 5) is 9.31. The Morgan fingerprint density at radius 3 is 2.04 bits per heavy atom. The van der Waals surface area contributed by atoms with Gasteiger partial charge in [-0.25, -0.2) is 0 Å². The fraction of sp³-hybridized carbons (Fsp3) is 0.350. The van der Waals surface area contributed by atoms with Crippen LogP contribution >= 0.6 is 0 Å². The molecular formula is C20H26N4. The molecule has 126 valence electrons. The largest absolute Gasteiger partial charge is 0.352 e. The van der Waals surface area contributed by atoms with Gasteiger partial charge in [-0.1, -0.05) is 60.7 Å². The molecule has 4 nitrogen and oxygen atoms in total. The van der Waals surface area contributed by atoms with E-state index in [1.807, 2.05) is 13.1 Å². The first-order chi connectivity index (χ1) is 11.8. The zero-order chi connectivity index (χ0) is 16.6. The highest BCUT2D eigenvalue weighted by Crippen LogP contribution is 2.09. The zero-order valence-electron chi connectivity index (χ0n) is 14.4. The highest BCUT2D eigenvalue weighted by atomic mass is 15.3. The number of hydrogen-bond donors (Lipinski definition) is 1. The van der Waals surface area contributed by atoms with Gasteiger partial charge in [0.1, 0.15) is 0 Å². The molecule has 1 N–H and O–H groups in total. The van der Waals surface area contributed by atoms with E-state index in [1.165, 1.54) is 11.1 Å². The third-order valence-electron chi connectivity index (χ3n) is 4.43. The van der Waals surface area contributed by atoms with E-state index in [-0.39, 0.29) is 0 Å². The van der Waals surface area contributed by atoms with Gasteiger partial charge in [-0.3, -0.25) is 9.89 Å². The van der Waals surface area contributed by atoms with E-state index in [2.05, 4.69) is 74.7 Å². The molecule has 0 atom stereocenters. The van der Waals surface area contributed by atoms with E-state index >= 15 is 0 Å². The SMILES string of the molecule is CN=C(NCc1ccccc1)N1CCN(Cc2ccccc2)CC1. The Hall–Kier alpha value is -2.33. The van der Waals surface area contributed by atoms with Crippen molar-refractivity contribution in [3.63, 3.8) is 0 Å². The smallest absolute Gasteiger partial charge is 0.194 e. The lowest BCUT2D eigenvalue weighted by molar-refractivity contribution is 0.172. The molecule has 1 heterocycles. The van der Waals surface area contributed by atoms with Crippen LogP contribution in [0.25, 0.3) is 0 Å². The molecule has 0 saturated carbocycles. The maximum Gasteiger partial charge on any atom is 0.194 e. The van der Waals surface area contributed by atoms with Crippen LogP contribution in [-0.4, -0.2) is 49.0 Å². The molecule has 4 heteroatoms. The third-order valence-corrected chi connectivity index (χ3v) is 4.43. The number of benzene rings is 2. The first-order valence-electron chi connectivity index (χ1n) is 8.61. The molecule has 2 aromatic carbocycles. The van der Waals surface area contributed by atoms with Gasteiger partial charge < -0.3 is 10.2 Å². The Kier molecular flexibility index (Phi) is 5.85. The fourth-order valence-corrected chi connectivity index (χ4v) is 3.07. The van der Waals surface area contributed by atoms with Gasteiger partial charge >= 0.3 is 0 Å². The van der Waals surface area contributed by atoms with Crippen molar-refractivity contribution < 1.29 is 0 Å². The normalized spacial score (nSPS) is 16.2. The highest BCUT2D eigenvalue weighted by Gasteiger charge is 2.19. The molecule has 0 spiro atoms. The molecule has 0 radical (unpaired) electrons. The Morgan fingerprint density at radius 1 is 0.875 bits per heavy atom. The average molecular weight is 322 g/mol. The molecule has 0 aliphatic carbocycles. The minimum absolute atomic E-state index is 0.817. The van der Waals surface area contributed by atoms with Crippen LogP contribution in [0, 0.1) is 0 Å². The van der Waals surface area contributed by atoms with Crippen molar-refractivity contribution in [2.24, 2.45) is 4.99 Å². The molecule has 1 saturated heterocycles. The third kappa shape index (κ3) is 4.59. The standard InChI is InChI=1S/C20H26N4/c1-21-20(22-16-18-8-4-2-5-9-18)24-14-12-23(13-15-24)17-19-10-6-3-7-11-19/h2-11H,12-17H2,1H3,(H,21,22). The van der Waals surface area contributed by atoms with Crippen LogP contribution in [0.5, 0.6) is 0 Å². The van der Waals surface area contributed by atoms with E-state index in [4.69, 9.17) is 0 Å². The molecule has 0 bridgehead atoms. The molecule has 0 aromatic heterocycles.